The maximum atomic E-state index is 14.4. The number of hydrogen-bond acceptors (Lipinski definition) is 6. The summed E-state index contributed by atoms with van der Waals surface area (Å²) in [5.74, 6) is -3.34. The molecule has 0 spiro atoms. The lowest BCUT2D eigenvalue weighted by atomic mass is 9.83. The molecule has 134 valence electrons. The molecule has 1 aromatic carbocycles. The standard InChI is InChI=1S/C17H14F2N4O3/c1-2-25-13(24)6-12-15-14(9-4-3-8(18)5-11(9)19)10(7-20)16(21)26-17(15)23-22-12/h3-5,14H,2,6,21H2,1H3,(H,22,23)/t14-/m1/s1. The Labute approximate surface area is 147 Å². The van der Waals surface area contributed by atoms with Gasteiger partial charge in [-0.05, 0) is 13.0 Å². The fourth-order valence-corrected chi connectivity index (χ4v) is 2.85. The molecule has 1 aliphatic rings. The summed E-state index contributed by atoms with van der Waals surface area (Å²) in [5, 5.41) is 16.0. The highest BCUT2D eigenvalue weighted by molar-refractivity contribution is 5.73. The average Bonchev–Trinajstić information content (AvgIpc) is 2.96. The van der Waals surface area contributed by atoms with Crippen LogP contribution in [0.25, 0.3) is 0 Å². The molecular formula is C17H14F2N4O3. The monoisotopic (exact) mass is 360 g/mol. The summed E-state index contributed by atoms with van der Waals surface area (Å²) in [6, 6.07) is 4.89. The van der Waals surface area contributed by atoms with E-state index in [1.165, 1.54) is 6.07 Å². The number of fused-ring (bicyclic) bond motifs is 1. The molecule has 0 saturated carbocycles. The minimum atomic E-state index is -0.993. The number of ether oxygens (including phenoxy) is 2. The summed E-state index contributed by atoms with van der Waals surface area (Å²) in [6.07, 6.45) is -0.183. The van der Waals surface area contributed by atoms with Gasteiger partial charge in [0.1, 0.15) is 23.3 Å². The summed E-state index contributed by atoms with van der Waals surface area (Å²) in [7, 11) is 0. The topological polar surface area (TPSA) is 114 Å². The number of carbonyl (C=O) groups is 1. The van der Waals surface area contributed by atoms with Crippen molar-refractivity contribution in [1.29, 1.82) is 5.26 Å². The van der Waals surface area contributed by atoms with Gasteiger partial charge in [-0.15, -0.1) is 5.10 Å². The van der Waals surface area contributed by atoms with E-state index < -0.39 is 23.5 Å². The Kier molecular flexibility index (Phi) is 4.58. The van der Waals surface area contributed by atoms with Gasteiger partial charge >= 0.3 is 5.97 Å². The Morgan fingerprint density at radius 2 is 2.27 bits per heavy atom. The van der Waals surface area contributed by atoms with Crippen LogP contribution in [-0.4, -0.2) is 22.8 Å². The first-order chi connectivity index (χ1) is 12.5. The molecule has 7 nitrogen and oxygen atoms in total. The molecule has 9 heteroatoms. The number of nitrogens with one attached hydrogen (secondary N) is 1. The van der Waals surface area contributed by atoms with E-state index in [1.807, 2.05) is 6.07 Å². The lowest BCUT2D eigenvalue weighted by Gasteiger charge is -2.24. The Morgan fingerprint density at radius 1 is 1.50 bits per heavy atom. The summed E-state index contributed by atoms with van der Waals surface area (Å²) in [6.45, 7) is 1.86. The Hall–Kier alpha value is -3.41. The fraction of sp³-hybridized carbons (Fsp3) is 0.235. The van der Waals surface area contributed by atoms with E-state index in [1.54, 1.807) is 6.92 Å². The maximum Gasteiger partial charge on any atom is 0.311 e. The molecule has 3 N–H and O–H groups in total. The first kappa shape index (κ1) is 17.4. The fourth-order valence-electron chi connectivity index (χ4n) is 2.85. The van der Waals surface area contributed by atoms with Crippen molar-refractivity contribution in [2.24, 2.45) is 5.73 Å². The molecule has 0 amide bonds. The summed E-state index contributed by atoms with van der Waals surface area (Å²) in [5.41, 5.74) is 6.30. The van der Waals surface area contributed by atoms with Gasteiger partial charge in [0, 0.05) is 11.6 Å². The van der Waals surface area contributed by atoms with Crippen molar-refractivity contribution in [1.82, 2.24) is 10.2 Å². The number of esters is 1. The minimum absolute atomic E-state index is 0.0157. The number of rotatable bonds is 4. The third-order valence-electron chi connectivity index (χ3n) is 3.92. The van der Waals surface area contributed by atoms with Gasteiger partial charge in [0.2, 0.25) is 11.8 Å². The van der Waals surface area contributed by atoms with E-state index in [2.05, 4.69) is 10.2 Å². The summed E-state index contributed by atoms with van der Waals surface area (Å²) in [4.78, 5) is 11.8. The number of carbonyl (C=O) groups excluding carboxylic acids is 1. The summed E-state index contributed by atoms with van der Waals surface area (Å²) < 4.78 is 37.9. The smallest absolute Gasteiger partial charge is 0.311 e. The molecule has 1 atom stereocenters. The molecule has 2 aromatic rings. The van der Waals surface area contributed by atoms with Crippen molar-refractivity contribution < 1.29 is 23.0 Å². The van der Waals surface area contributed by atoms with Crippen molar-refractivity contribution in [2.45, 2.75) is 19.3 Å². The van der Waals surface area contributed by atoms with Gasteiger partial charge in [-0.2, -0.15) is 5.26 Å². The maximum absolute atomic E-state index is 14.4. The van der Waals surface area contributed by atoms with Gasteiger partial charge in [0.05, 0.1) is 30.2 Å². The number of benzene rings is 1. The minimum Gasteiger partial charge on any atom is -0.466 e. The van der Waals surface area contributed by atoms with E-state index in [4.69, 9.17) is 15.2 Å². The first-order valence-electron chi connectivity index (χ1n) is 7.71. The van der Waals surface area contributed by atoms with Crippen molar-refractivity contribution in [3.63, 3.8) is 0 Å². The van der Waals surface area contributed by atoms with Gasteiger partial charge in [-0.1, -0.05) is 6.07 Å². The van der Waals surface area contributed by atoms with Crippen molar-refractivity contribution >= 4 is 5.97 Å². The number of aromatic amines is 1. The Balaban J connectivity index is 2.15. The number of hydrogen-bond donors (Lipinski definition) is 2. The third-order valence-corrected chi connectivity index (χ3v) is 3.92. The first-order valence-corrected chi connectivity index (χ1v) is 7.71. The second-order valence-electron chi connectivity index (χ2n) is 5.49. The van der Waals surface area contributed by atoms with Crippen LogP contribution in [0.5, 0.6) is 5.88 Å². The number of aromatic nitrogens is 2. The normalized spacial score (nSPS) is 15.8. The molecule has 0 bridgehead atoms. The zero-order valence-electron chi connectivity index (χ0n) is 13.7. The van der Waals surface area contributed by atoms with Crippen LogP contribution in [0.15, 0.2) is 29.7 Å². The Bertz CT molecular complexity index is 946. The third kappa shape index (κ3) is 2.97. The van der Waals surface area contributed by atoms with E-state index in [9.17, 15) is 18.8 Å². The highest BCUT2D eigenvalue weighted by atomic mass is 19.1. The van der Waals surface area contributed by atoms with Crippen LogP contribution >= 0.6 is 0 Å². The molecule has 0 radical (unpaired) electrons. The highest BCUT2D eigenvalue weighted by Gasteiger charge is 2.37. The van der Waals surface area contributed by atoms with Gasteiger partial charge in [0.25, 0.3) is 0 Å². The van der Waals surface area contributed by atoms with E-state index in [0.29, 0.717) is 11.8 Å². The van der Waals surface area contributed by atoms with Crippen LogP contribution in [0.1, 0.15) is 29.7 Å². The van der Waals surface area contributed by atoms with Crippen LogP contribution in [-0.2, 0) is 16.0 Å². The Morgan fingerprint density at radius 3 is 2.92 bits per heavy atom. The SMILES string of the molecule is CCOC(=O)Cc1[nH]nc2c1[C@H](c1ccc(F)cc1F)C(C#N)=C(N)O2. The molecule has 3 rings (SSSR count). The molecule has 2 heterocycles. The van der Waals surface area contributed by atoms with E-state index >= 15 is 0 Å². The molecule has 0 saturated heterocycles. The lowest BCUT2D eigenvalue weighted by Crippen LogP contribution is -2.22. The predicted octanol–water partition coefficient (Wildman–Crippen LogP) is 2.01. The lowest BCUT2D eigenvalue weighted by molar-refractivity contribution is -0.142. The van der Waals surface area contributed by atoms with E-state index in [0.717, 1.165) is 6.07 Å². The second-order valence-corrected chi connectivity index (χ2v) is 5.49. The molecule has 1 aromatic heterocycles. The predicted molar refractivity (Wildman–Crippen MR) is 84.6 cm³/mol. The summed E-state index contributed by atoms with van der Waals surface area (Å²) >= 11 is 0. The molecule has 26 heavy (non-hydrogen) atoms. The van der Waals surface area contributed by atoms with Crippen LogP contribution in [0.4, 0.5) is 8.78 Å². The second kappa shape index (κ2) is 6.84. The highest BCUT2D eigenvalue weighted by Crippen LogP contribution is 2.43. The van der Waals surface area contributed by atoms with Crippen LogP contribution in [0.2, 0.25) is 0 Å². The number of halogens is 2. The van der Waals surface area contributed by atoms with Gasteiger partial charge in [-0.25, -0.2) is 8.78 Å². The van der Waals surface area contributed by atoms with Crippen molar-refractivity contribution in [2.75, 3.05) is 6.61 Å². The van der Waals surface area contributed by atoms with Crippen molar-refractivity contribution in [3.05, 3.63) is 58.1 Å². The number of H-pyrrole nitrogens is 1. The largest absolute Gasteiger partial charge is 0.466 e. The van der Waals surface area contributed by atoms with Crippen molar-refractivity contribution in [3.8, 4) is 11.9 Å². The van der Waals surface area contributed by atoms with Crippen LogP contribution in [0.3, 0.4) is 0 Å². The molecular weight excluding hydrogens is 346 g/mol. The van der Waals surface area contributed by atoms with Gasteiger partial charge < -0.3 is 15.2 Å². The molecule has 1 aliphatic heterocycles. The zero-order valence-corrected chi connectivity index (χ0v) is 13.7. The van der Waals surface area contributed by atoms with Gasteiger partial charge in [0.15, 0.2) is 0 Å². The quantitative estimate of drug-likeness (QED) is 0.806. The van der Waals surface area contributed by atoms with Crippen LogP contribution < -0.4 is 10.5 Å². The molecule has 0 aliphatic carbocycles. The number of nitrogens with two attached hydrogens (primary N) is 1. The average molecular weight is 360 g/mol. The number of allylic oxidation sites excluding steroid dienone is 1. The number of nitriles is 1. The zero-order chi connectivity index (χ0) is 18.8. The van der Waals surface area contributed by atoms with E-state index in [-0.39, 0.29) is 41.5 Å². The van der Waals surface area contributed by atoms with Gasteiger partial charge in [-0.3, -0.25) is 9.89 Å². The van der Waals surface area contributed by atoms with Crippen LogP contribution in [0, 0.1) is 23.0 Å². The number of nitrogens with zero attached hydrogens (tertiary/aromatic N) is 2. The molecule has 0 fully saturated rings. The molecule has 0 unspecified atom stereocenters.